The number of hydrogen-bond acceptors (Lipinski definition) is 4. The second kappa shape index (κ2) is 7.29. The maximum atomic E-state index is 12.9. The van der Waals surface area contributed by atoms with E-state index in [9.17, 15) is 4.79 Å². The lowest BCUT2D eigenvalue weighted by molar-refractivity contribution is 0.102. The Labute approximate surface area is 172 Å². The highest BCUT2D eigenvalue weighted by molar-refractivity contribution is 6.34. The van der Waals surface area contributed by atoms with Gasteiger partial charge in [0.2, 0.25) is 0 Å². The number of nitrogens with zero attached hydrogens (tertiary/aromatic N) is 4. The van der Waals surface area contributed by atoms with Gasteiger partial charge in [0, 0.05) is 11.9 Å². The standard InChI is InChI=1S/C22H18ClN5O/c23-18-13-15(28-21-20(26-27-28)9-4-12-24-21)10-11-17(18)22(29)25-19-8-3-6-14-5-1-2-7-16(14)19/h3-4,6,8-13H,1-2,5,7H2,(H,25,29). The van der Waals surface area contributed by atoms with Crippen LogP contribution in [-0.2, 0) is 12.8 Å². The first kappa shape index (κ1) is 17.8. The summed E-state index contributed by atoms with van der Waals surface area (Å²) < 4.78 is 1.61. The molecule has 0 radical (unpaired) electrons. The first-order valence-corrected chi connectivity index (χ1v) is 9.97. The van der Waals surface area contributed by atoms with E-state index in [1.165, 1.54) is 17.5 Å². The van der Waals surface area contributed by atoms with Gasteiger partial charge in [0.1, 0.15) is 5.52 Å². The maximum absolute atomic E-state index is 12.9. The molecule has 0 aliphatic heterocycles. The monoisotopic (exact) mass is 403 g/mol. The quantitative estimate of drug-likeness (QED) is 0.542. The largest absolute Gasteiger partial charge is 0.322 e. The highest BCUT2D eigenvalue weighted by atomic mass is 35.5. The fourth-order valence-electron chi connectivity index (χ4n) is 3.85. The fraction of sp³-hybridized carbons (Fsp3) is 0.182. The summed E-state index contributed by atoms with van der Waals surface area (Å²) in [6.45, 7) is 0. The lowest BCUT2D eigenvalue weighted by atomic mass is 9.90. The number of carbonyl (C=O) groups is 1. The molecule has 1 N–H and O–H groups in total. The van der Waals surface area contributed by atoms with Crippen molar-refractivity contribution in [3.63, 3.8) is 0 Å². The molecule has 2 aromatic heterocycles. The van der Waals surface area contributed by atoms with Crippen LogP contribution in [0.2, 0.25) is 5.02 Å². The van der Waals surface area contributed by atoms with E-state index in [4.69, 9.17) is 11.6 Å². The lowest BCUT2D eigenvalue weighted by Gasteiger charge is -2.19. The minimum absolute atomic E-state index is 0.220. The molecule has 0 spiro atoms. The van der Waals surface area contributed by atoms with Crippen molar-refractivity contribution in [1.82, 2.24) is 20.0 Å². The zero-order chi connectivity index (χ0) is 19.8. The molecule has 1 amide bonds. The molecule has 4 aromatic rings. The van der Waals surface area contributed by atoms with Gasteiger partial charge in [-0.3, -0.25) is 4.79 Å². The Morgan fingerprint density at radius 3 is 2.86 bits per heavy atom. The first-order chi connectivity index (χ1) is 14.2. The van der Waals surface area contributed by atoms with Crippen LogP contribution in [0.4, 0.5) is 5.69 Å². The smallest absolute Gasteiger partial charge is 0.257 e. The highest BCUT2D eigenvalue weighted by Gasteiger charge is 2.17. The minimum atomic E-state index is -0.220. The number of rotatable bonds is 3. The van der Waals surface area contributed by atoms with Gasteiger partial charge >= 0.3 is 0 Å². The molecule has 144 valence electrons. The van der Waals surface area contributed by atoms with Crippen LogP contribution in [0.25, 0.3) is 16.9 Å². The van der Waals surface area contributed by atoms with Gasteiger partial charge < -0.3 is 5.32 Å². The molecular formula is C22H18ClN5O. The predicted molar refractivity (Wildman–Crippen MR) is 113 cm³/mol. The average Bonchev–Trinajstić information content (AvgIpc) is 3.18. The molecule has 29 heavy (non-hydrogen) atoms. The number of hydrogen-bond donors (Lipinski definition) is 1. The molecule has 2 aromatic carbocycles. The molecule has 2 heterocycles. The average molecular weight is 404 g/mol. The van der Waals surface area contributed by atoms with Crippen molar-refractivity contribution in [3.8, 4) is 5.69 Å². The zero-order valence-corrected chi connectivity index (χ0v) is 16.4. The number of benzene rings is 2. The summed E-state index contributed by atoms with van der Waals surface area (Å²) in [5, 5.41) is 11.6. The lowest BCUT2D eigenvalue weighted by Crippen LogP contribution is -2.16. The summed E-state index contributed by atoms with van der Waals surface area (Å²) in [6, 6.07) is 15.0. The summed E-state index contributed by atoms with van der Waals surface area (Å²) in [4.78, 5) is 17.2. The Morgan fingerprint density at radius 2 is 1.97 bits per heavy atom. The Balaban J connectivity index is 1.44. The molecule has 1 aliphatic rings. The number of halogens is 1. The summed E-state index contributed by atoms with van der Waals surface area (Å²) in [7, 11) is 0. The SMILES string of the molecule is O=C(Nc1cccc2c1CCCC2)c1ccc(-n2nnc3cccnc32)cc1Cl. The van der Waals surface area contributed by atoms with Crippen LogP contribution in [0.15, 0.2) is 54.7 Å². The molecule has 7 heteroatoms. The van der Waals surface area contributed by atoms with E-state index in [-0.39, 0.29) is 5.91 Å². The second-order valence-electron chi connectivity index (χ2n) is 7.12. The molecule has 0 fully saturated rings. The highest BCUT2D eigenvalue weighted by Crippen LogP contribution is 2.29. The van der Waals surface area contributed by atoms with E-state index in [0.29, 0.717) is 27.4 Å². The summed E-state index contributed by atoms with van der Waals surface area (Å²) in [6.07, 6.45) is 6.09. The zero-order valence-electron chi connectivity index (χ0n) is 15.6. The van der Waals surface area contributed by atoms with Gasteiger partial charge in [-0.1, -0.05) is 28.9 Å². The third kappa shape index (κ3) is 3.25. The number of anilines is 1. The number of amides is 1. The van der Waals surface area contributed by atoms with Crippen LogP contribution >= 0.6 is 11.6 Å². The molecule has 0 unspecified atom stereocenters. The van der Waals surface area contributed by atoms with Crippen molar-refractivity contribution in [2.45, 2.75) is 25.7 Å². The first-order valence-electron chi connectivity index (χ1n) is 9.59. The van der Waals surface area contributed by atoms with Crippen molar-refractivity contribution in [3.05, 3.63) is 76.4 Å². The number of fused-ring (bicyclic) bond motifs is 2. The second-order valence-corrected chi connectivity index (χ2v) is 7.52. The Kier molecular flexibility index (Phi) is 4.48. The Bertz CT molecular complexity index is 1230. The normalized spacial score (nSPS) is 13.3. The van der Waals surface area contributed by atoms with Crippen molar-refractivity contribution in [2.24, 2.45) is 0 Å². The van der Waals surface area contributed by atoms with Gasteiger partial charge in [-0.15, -0.1) is 5.10 Å². The van der Waals surface area contributed by atoms with E-state index in [2.05, 4.69) is 26.7 Å². The molecule has 0 saturated heterocycles. The number of nitrogens with one attached hydrogen (secondary N) is 1. The molecule has 6 nitrogen and oxygen atoms in total. The van der Waals surface area contributed by atoms with Gasteiger partial charge in [0.25, 0.3) is 5.91 Å². The van der Waals surface area contributed by atoms with Crippen molar-refractivity contribution in [1.29, 1.82) is 0 Å². The number of aryl methyl sites for hydroxylation is 1. The van der Waals surface area contributed by atoms with Crippen molar-refractivity contribution in [2.75, 3.05) is 5.32 Å². The van der Waals surface area contributed by atoms with E-state index in [1.807, 2.05) is 24.3 Å². The third-order valence-corrected chi connectivity index (χ3v) is 5.61. The molecule has 0 atom stereocenters. The number of carbonyl (C=O) groups excluding carboxylic acids is 1. The minimum Gasteiger partial charge on any atom is -0.322 e. The third-order valence-electron chi connectivity index (χ3n) is 5.29. The summed E-state index contributed by atoms with van der Waals surface area (Å²) in [5.41, 5.74) is 5.88. The van der Waals surface area contributed by atoms with E-state index < -0.39 is 0 Å². The fourth-order valence-corrected chi connectivity index (χ4v) is 4.11. The van der Waals surface area contributed by atoms with Crippen LogP contribution in [0.5, 0.6) is 0 Å². The van der Waals surface area contributed by atoms with E-state index in [1.54, 1.807) is 29.1 Å². The summed E-state index contributed by atoms with van der Waals surface area (Å²) >= 11 is 6.46. The van der Waals surface area contributed by atoms with Gasteiger partial charge in [-0.2, -0.15) is 4.68 Å². The van der Waals surface area contributed by atoms with Crippen LogP contribution in [0.3, 0.4) is 0 Å². The topological polar surface area (TPSA) is 72.7 Å². The van der Waals surface area contributed by atoms with E-state index in [0.717, 1.165) is 24.9 Å². The number of aromatic nitrogens is 4. The van der Waals surface area contributed by atoms with E-state index >= 15 is 0 Å². The Hall–Kier alpha value is -3.25. The van der Waals surface area contributed by atoms with Crippen molar-refractivity contribution < 1.29 is 4.79 Å². The molecule has 0 saturated carbocycles. The van der Waals surface area contributed by atoms with Gasteiger partial charge in [-0.05, 0) is 73.2 Å². The number of pyridine rings is 1. The molecule has 0 bridgehead atoms. The molecular weight excluding hydrogens is 386 g/mol. The van der Waals surface area contributed by atoms with Crippen LogP contribution in [-0.4, -0.2) is 25.9 Å². The van der Waals surface area contributed by atoms with Gasteiger partial charge in [-0.25, -0.2) is 4.98 Å². The van der Waals surface area contributed by atoms with Crippen LogP contribution in [0.1, 0.15) is 34.3 Å². The molecule has 1 aliphatic carbocycles. The van der Waals surface area contributed by atoms with Gasteiger partial charge in [0.05, 0.1) is 16.3 Å². The van der Waals surface area contributed by atoms with Gasteiger partial charge in [0.15, 0.2) is 5.65 Å². The predicted octanol–water partition coefficient (Wildman–Crippen LogP) is 4.60. The Morgan fingerprint density at radius 1 is 1.07 bits per heavy atom. The van der Waals surface area contributed by atoms with Crippen LogP contribution < -0.4 is 5.32 Å². The molecule has 5 rings (SSSR count). The van der Waals surface area contributed by atoms with Crippen molar-refractivity contribution >= 4 is 34.4 Å². The van der Waals surface area contributed by atoms with Crippen LogP contribution in [0, 0.1) is 0 Å². The maximum Gasteiger partial charge on any atom is 0.257 e. The summed E-state index contributed by atoms with van der Waals surface area (Å²) in [5.74, 6) is -0.220.